The number of pyridine rings is 1. The maximum atomic E-state index is 14.0. The third kappa shape index (κ3) is 20.9. The smallest absolute Gasteiger partial charge is 0.391 e. The number of H-pyrrole nitrogens is 1. The Morgan fingerprint density at radius 1 is 0.747 bits per heavy atom. The van der Waals surface area contributed by atoms with E-state index in [1.807, 2.05) is 83.3 Å². The standard InChI is InChI=1S/C65H86F3N11O11S/c1-44-59(91-43-72-44)47-11-9-45(10-12-47)39-71-62(85)55-37-50(80)42-79(55)63(86)60(64(2,3)4)74-57(82)16-28-88-30-32-90-34-33-89-31-29-87-27-15-56(81)69-17-18-76-21-23-77(24-22-76)41-46-7-6-8-48(35-46)49-13-14-54(78-25-19-75(5)20-26-78)53(36-49)73-61(84)51-40-70-58(83)38-52(51)65(66,67)68/h6-14,35-36,38,40,43,50,55,60,80H,15-34,37,39,41-42H2,1-5H3,(H,69,81)(H,70,83)(H,71,85)(H,73,84)(H,74,82). The van der Waals surface area contributed by atoms with Gasteiger partial charge >= 0.3 is 6.18 Å². The molecule has 2 aromatic heterocycles. The second-order valence-corrected chi connectivity index (χ2v) is 25.0. The number of halogens is 3. The average molecular weight is 1290 g/mol. The van der Waals surface area contributed by atoms with Crippen LogP contribution in [-0.2, 0) is 57.4 Å². The van der Waals surface area contributed by atoms with Gasteiger partial charge in [0.1, 0.15) is 12.1 Å². The summed E-state index contributed by atoms with van der Waals surface area (Å²) in [6.07, 6.45) is -4.68. The number of likely N-dealkylation sites (N-methyl/N-ethyl adjacent to an activating group) is 1. The van der Waals surface area contributed by atoms with Crippen LogP contribution in [0.25, 0.3) is 21.6 Å². The molecule has 5 aromatic rings. The molecule has 6 N–H and O–H groups in total. The highest BCUT2D eigenvalue weighted by Gasteiger charge is 2.44. The molecule has 3 unspecified atom stereocenters. The number of β-amino-alcohol motifs (C(OH)–C–C–N with tert-alkyl or cyclic N) is 1. The highest BCUT2D eigenvalue weighted by atomic mass is 32.1. The van der Waals surface area contributed by atoms with E-state index in [9.17, 15) is 47.0 Å². The number of aryl methyl sites for hydroxylation is 1. The molecule has 0 radical (unpaired) electrons. The predicted octanol–water partition coefficient (Wildman–Crippen LogP) is 5.39. The fraction of sp³-hybridized carbons (Fsp3) is 0.523. The van der Waals surface area contributed by atoms with Gasteiger partial charge in [-0.05, 0) is 65.4 Å². The summed E-state index contributed by atoms with van der Waals surface area (Å²) in [7, 11) is 2.02. The molecule has 26 heteroatoms. The molecule has 3 atom stereocenters. The summed E-state index contributed by atoms with van der Waals surface area (Å²) in [6.45, 7) is 18.0. The van der Waals surface area contributed by atoms with Crippen LogP contribution in [0, 0.1) is 12.3 Å². The van der Waals surface area contributed by atoms with Crippen LogP contribution in [0.5, 0.6) is 0 Å². The van der Waals surface area contributed by atoms with Crippen molar-refractivity contribution in [3.8, 4) is 21.6 Å². The number of alkyl halides is 3. The lowest BCUT2D eigenvalue weighted by Crippen LogP contribution is -2.57. The number of anilines is 2. The molecule has 3 aliphatic heterocycles. The first kappa shape index (κ1) is 69.7. The van der Waals surface area contributed by atoms with Gasteiger partial charge in [0.15, 0.2) is 0 Å². The van der Waals surface area contributed by atoms with Crippen LogP contribution in [0.3, 0.4) is 0 Å². The fourth-order valence-corrected chi connectivity index (χ4v) is 11.9. The molecular formula is C65H86F3N11O11S. The molecule has 22 nitrogen and oxygen atoms in total. The Kier molecular flexibility index (Phi) is 25.6. The molecule has 8 rings (SSSR count). The van der Waals surface area contributed by atoms with Crippen LogP contribution in [0.2, 0.25) is 0 Å². The predicted molar refractivity (Wildman–Crippen MR) is 340 cm³/mol. The number of carbonyl (C=O) groups is 5. The van der Waals surface area contributed by atoms with Crippen molar-refractivity contribution in [1.29, 1.82) is 0 Å². The third-order valence-corrected chi connectivity index (χ3v) is 17.2. The Balaban J connectivity index is 0.643. The number of ether oxygens (including phenoxy) is 4. The first-order chi connectivity index (χ1) is 43.6. The molecule has 0 saturated carbocycles. The molecule has 494 valence electrons. The molecule has 5 heterocycles. The second kappa shape index (κ2) is 33.4. The summed E-state index contributed by atoms with van der Waals surface area (Å²) in [4.78, 5) is 96.3. The lowest BCUT2D eigenvalue weighted by atomic mass is 9.85. The SMILES string of the molecule is Cc1ncsc1-c1ccc(CNC(=O)C2CC(O)CN2C(=O)C(NC(=O)CCOCCOCCOCCOCCC(=O)NCCN2CCN(Cc3cccc(-c4ccc(N5CCN(C)CC5)c(NC(=O)c5c[nH]c(=O)cc5C(F)(F)F)c4)c3)CC2)C(C)(C)C)cc1. The van der Waals surface area contributed by atoms with Crippen molar-refractivity contribution in [1.82, 2.24) is 45.5 Å². The fourth-order valence-electron chi connectivity index (χ4n) is 11.0. The minimum atomic E-state index is -4.91. The molecular weight excluding hydrogens is 1200 g/mol. The lowest BCUT2D eigenvalue weighted by Gasteiger charge is -2.35. The van der Waals surface area contributed by atoms with E-state index in [0.29, 0.717) is 76.6 Å². The number of amides is 5. The van der Waals surface area contributed by atoms with E-state index in [2.05, 4.69) is 63.0 Å². The molecule has 0 spiro atoms. The molecule has 0 bridgehead atoms. The second-order valence-electron chi connectivity index (χ2n) is 24.2. The number of benzene rings is 3. The van der Waals surface area contributed by atoms with Crippen molar-refractivity contribution in [2.24, 2.45) is 5.41 Å². The average Bonchev–Trinajstić information content (AvgIpc) is 1.97. The number of carbonyl (C=O) groups excluding carboxylic acids is 5. The van der Waals surface area contributed by atoms with Gasteiger partial charge in [-0.15, -0.1) is 11.3 Å². The minimum absolute atomic E-state index is 0.00157. The number of aromatic nitrogens is 2. The molecule has 3 aromatic carbocycles. The third-order valence-electron chi connectivity index (χ3n) is 16.2. The first-order valence-electron chi connectivity index (χ1n) is 30.9. The van der Waals surface area contributed by atoms with Crippen molar-refractivity contribution in [3.05, 3.63) is 123 Å². The van der Waals surface area contributed by atoms with Crippen molar-refractivity contribution in [3.63, 3.8) is 0 Å². The highest BCUT2D eigenvalue weighted by molar-refractivity contribution is 7.13. The van der Waals surface area contributed by atoms with Crippen LogP contribution in [-0.4, -0.2) is 214 Å². The lowest BCUT2D eigenvalue weighted by molar-refractivity contribution is -0.144. The van der Waals surface area contributed by atoms with Gasteiger partial charge < -0.3 is 65.0 Å². The normalized spacial score (nSPS) is 17.2. The van der Waals surface area contributed by atoms with E-state index in [-0.39, 0.29) is 76.5 Å². The number of aliphatic hydroxyl groups is 1. The number of hydrogen-bond acceptors (Lipinski definition) is 17. The summed E-state index contributed by atoms with van der Waals surface area (Å²) in [5.41, 5.74) is 4.84. The Bertz CT molecular complexity index is 3270. The summed E-state index contributed by atoms with van der Waals surface area (Å²) < 4.78 is 64.2. The maximum absolute atomic E-state index is 14.0. The Morgan fingerprint density at radius 3 is 2.01 bits per heavy atom. The molecule has 3 aliphatic rings. The van der Waals surface area contributed by atoms with Gasteiger partial charge in [-0.3, -0.25) is 38.6 Å². The van der Waals surface area contributed by atoms with Gasteiger partial charge in [0.05, 0.1) is 97.5 Å². The number of nitrogens with zero attached hydrogens (tertiary/aromatic N) is 6. The van der Waals surface area contributed by atoms with E-state index < -0.39 is 58.3 Å². The first-order valence-corrected chi connectivity index (χ1v) is 31.8. The molecule has 0 aliphatic carbocycles. The van der Waals surface area contributed by atoms with Gasteiger partial charge in [-0.2, -0.15) is 13.2 Å². The zero-order chi connectivity index (χ0) is 65.1. The Hall–Kier alpha value is -7.14. The van der Waals surface area contributed by atoms with E-state index >= 15 is 0 Å². The van der Waals surface area contributed by atoms with Crippen LogP contribution >= 0.6 is 11.3 Å². The van der Waals surface area contributed by atoms with Crippen molar-refractivity contribution in [2.45, 2.75) is 84.4 Å². The van der Waals surface area contributed by atoms with Gasteiger partial charge in [-0.1, -0.05) is 69.3 Å². The van der Waals surface area contributed by atoms with E-state index in [1.165, 1.54) is 4.90 Å². The van der Waals surface area contributed by atoms with Crippen molar-refractivity contribution < 1.29 is 61.2 Å². The maximum Gasteiger partial charge on any atom is 0.417 e. The monoisotopic (exact) mass is 1290 g/mol. The van der Waals surface area contributed by atoms with E-state index in [4.69, 9.17) is 18.9 Å². The zero-order valence-electron chi connectivity index (χ0n) is 52.5. The minimum Gasteiger partial charge on any atom is -0.391 e. The summed E-state index contributed by atoms with van der Waals surface area (Å²) in [5.74, 6) is -2.28. The van der Waals surface area contributed by atoms with E-state index in [1.54, 1.807) is 22.9 Å². The van der Waals surface area contributed by atoms with Crippen molar-refractivity contribution >= 4 is 52.2 Å². The van der Waals surface area contributed by atoms with Gasteiger partial charge in [0.2, 0.25) is 29.2 Å². The van der Waals surface area contributed by atoms with Crippen LogP contribution in [0.15, 0.2) is 89.3 Å². The molecule has 91 heavy (non-hydrogen) atoms. The van der Waals surface area contributed by atoms with Crippen LogP contribution in [0.4, 0.5) is 24.5 Å². The van der Waals surface area contributed by atoms with Gasteiger partial charge in [0, 0.05) is 117 Å². The van der Waals surface area contributed by atoms with Crippen LogP contribution in [0.1, 0.15) is 72.8 Å². The van der Waals surface area contributed by atoms with Gasteiger partial charge in [0.25, 0.3) is 5.91 Å². The van der Waals surface area contributed by atoms with E-state index in [0.717, 1.165) is 83.9 Å². The molecule has 3 fully saturated rings. The zero-order valence-corrected chi connectivity index (χ0v) is 53.4. The number of aliphatic hydroxyl groups excluding tert-OH is 1. The molecule has 5 amide bonds. The number of hydrogen-bond donors (Lipinski definition) is 6. The number of rotatable bonds is 30. The quantitative estimate of drug-likeness (QED) is 0.0316. The summed E-state index contributed by atoms with van der Waals surface area (Å²) in [6, 6.07) is 20.1. The van der Waals surface area contributed by atoms with Gasteiger partial charge in [-0.25, -0.2) is 4.98 Å². The van der Waals surface area contributed by atoms with Crippen molar-refractivity contribution in [2.75, 3.05) is 142 Å². The Morgan fingerprint density at radius 2 is 1.37 bits per heavy atom. The number of thiazole rings is 1. The topological polar surface area (TPSA) is 253 Å². The highest BCUT2D eigenvalue weighted by Crippen LogP contribution is 2.36. The number of likely N-dealkylation sites (tertiary alicyclic amines) is 1. The Labute approximate surface area is 533 Å². The largest absolute Gasteiger partial charge is 0.417 e. The number of piperazine rings is 2. The number of nitrogens with one attached hydrogen (secondary N) is 5. The molecule has 3 saturated heterocycles. The summed E-state index contributed by atoms with van der Waals surface area (Å²) >= 11 is 1.56. The van der Waals surface area contributed by atoms with Crippen LogP contribution < -0.4 is 31.7 Å². The summed E-state index contributed by atoms with van der Waals surface area (Å²) in [5, 5.41) is 22.1. The number of aromatic amines is 1.